The first-order valence-corrected chi connectivity index (χ1v) is 13.7. The molecule has 7 nitrogen and oxygen atoms in total. The maximum atomic E-state index is 13.0. The molecule has 0 radical (unpaired) electrons. The van der Waals surface area contributed by atoms with Crippen molar-refractivity contribution in [3.63, 3.8) is 0 Å². The Kier molecular flexibility index (Phi) is 6.62. The molecule has 3 aliphatic rings. The van der Waals surface area contributed by atoms with Crippen molar-refractivity contribution in [1.82, 2.24) is 9.62 Å². The molecule has 1 atom stereocenters. The highest BCUT2D eigenvalue weighted by Crippen LogP contribution is 2.41. The van der Waals surface area contributed by atoms with Crippen LogP contribution in [0.3, 0.4) is 0 Å². The highest BCUT2D eigenvalue weighted by Gasteiger charge is 2.42. The first-order valence-electron chi connectivity index (χ1n) is 12.2. The monoisotopic (exact) mass is 475 g/mol. The molecule has 0 bridgehead atoms. The first-order chi connectivity index (χ1) is 15.5. The number of likely N-dealkylation sites (tertiary alicyclic amines) is 1. The SMILES string of the molecule is C[C@H]1CCCN(C(=O)C2CCC(CNS(=O)(=O)c3ccc4c(c3)C(C)(C)C(=O)N4C)CC2)C1. The van der Waals surface area contributed by atoms with E-state index in [1.807, 2.05) is 18.7 Å². The van der Waals surface area contributed by atoms with E-state index in [0.717, 1.165) is 56.4 Å². The van der Waals surface area contributed by atoms with E-state index in [-0.39, 0.29) is 22.6 Å². The van der Waals surface area contributed by atoms with E-state index in [9.17, 15) is 18.0 Å². The van der Waals surface area contributed by atoms with Gasteiger partial charge in [-0.15, -0.1) is 0 Å². The molecule has 0 unspecified atom stereocenters. The molecular formula is C25H37N3O4S. The molecule has 1 N–H and O–H groups in total. The van der Waals surface area contributed by atoms with Gasteiger partial charge in [0.25, 0.3) is 0 Å². The third-order valence-corrected chi connectivity index (χ3v) is 9.30. The van der Waals surface area contributed by atoms with Crippen molar-refractivity contribution in [3.05, 3.63) is 23.8 Å². The molecule has 8 heteroatoms. The van der Waals surface area contributed by atoms with E-state index >= 15 is 0 Å². The molecule has 0 aromatic heterocycles. The Morgan fingerprint density at radius 3 is 2.52 bits per heavy atom. The quantitative estimate of drug-likeness (QED) is 0.708. The Morgan fingerprint density at radius 1 is 1.15 bits per heavy atom. The molecule has 33 heavy (non-hydrogen) atoms. The topological polar surface area (TPSA) is 86.8 Å². The van der Waals surface area contributed by atoms with Crippen molar-refractivity contribution in [3.8, 4) is 0 Å². The van der Waals surface area contributed by atoms with E-state index in [0.29, 0.717) is 18.4 Å². The fourth-order valence-electron chi connectivity index (χ4n) is 5.69. The Balaban J connectivity index is 1.33. The lowest BCUT2D eigenvalue weighted by Gasteiger charge is -2.36. The lowest BCUT2D eigenvalue weighted by molar-refractivity contribution is -0.138. The number of nitrogens with zero attached hydrogens (tertiary/aromatic N) is 2. The molecule has 0 spiro atoms. The van der Waals surface area contributed by atoms with Gasteiger partial charge in [-0.2, -0.15) is 0 Å². The van der Waals surface area contributed by atoms with Crippen LogP contribution >= 0.6 is 0 Å². The minimum atomic E-state index is -3.67. The van der Waals surface area contributed by atoms with Gasteiger partial charge in [0, 0.05) is 38.3 Å². The zero-order valence-electron chi connectivity index (χ0n) is 20.3. The van der Waals surface area contributed by atoms with Crippen LogP contribution in [0.2, 0.25) is 0 Å². The van der Waals surface area contributed by atoms with Crippen LogP contribution in [0.15, 0.2) is 23.1 Å². The predicted molar refractivity (Wildman–Crippen MR) is 128 cm³/mol. The number of carbonyl (C=O) groups excluding carboxylic acids is 2. The minimum absolute atomic E-state index is 0.0367. The molecule has 4 rings (SSSR count). The molecular weight excluding hydrogens is 438 g/mol. The predicted octanol–water partition coefficient (Wildman–Crippen LogP) is 3.28. The number of hydrogen-bond acceptors (Lipinski definition) is 4. The maximum Gasteiger partial charge on any atom is 0.240 e. The third-order valence-electron chi connectivity index (χ3n) is 7.88. The van der Waals surface area contributed by atoms with Gasteiger partial charge in [0.15, 0.2) is 0 Å². The zero-order chi connectivity index (χ0) is 24.0. The van der Waals surface area contributed by atoms with Crippen LogP contribution in [0.5, 0.6) is 0 Å². The summed E-state index contributed by atoms with van der Waals surface area (Å²) < 4.78 is 28.8. The molecule has 1 aromatic rings. The number of piperidine rings is 1. The number of hydrogen-bond donors (Lipinski definition) is 1. The summed E-state index contributed by atoms with van der Waals surface area (Å²) >= 11 is 0. The van der Waals surface area contributed by atoms with Crippen molar-refractivity contribution in [2.45, 2.75) is 69.6 Å². The van der Waals surface area contributed by atoms with Gasteiger partial charge in [0.1, 0.15) is 0 Å². The van der Waals surface area contributed by atoms with Crippen LogP contribution in [-0.2, 0) is 25.0 Å². The van der Waals surface area contributed by atoms with Gasteiger partial charge in [-0.25, -0.2) is 13.1 Å². The third kappa shape index (κ3) is 4.69. The van der Waals surface area contributed by atoms with Crippen LogP contribution in [0.1, 0.15) is 64.9 Å². The summed E-state index contributed by atoms with van der Waals surface area (Å²) in [5.41, 5.74) is 0.756. The minimum Gasteiger partial charge on any atom is -0.342 e. The summed E-state index contributed by atoms with van der Waals surface area (Å²) in [5.74, 6) is 1.15. The molecule has 182 valence electrons. The van der Waals surface area contributed by atoms with Crippen molar-refractivity contribution in [2.24, 2.45) is 17.8 Å². The number of anilines is 1. The van der Waals surface area contributed by atoms with Crippen LogP contribution in [-0.4, -0.2) is 51.8 Å². The lowest BCUT2D eigenvalue weighted by atomic mass is 9.81. The maximum absolute atomic E-state index is 13.0. The molecule has 2 amide bonds. The molecule has 1 saturated carbocycles. The van der Waals surface area contributed by atoms with Crippen molar-refractivity contribution in [2.75, 3.05) is 31.6 Å². The van der Waals surface area contributed by atoms with E-state index in [2.05, 4.69) is 11.6 Å². The van der Waals surface area contributed by atoms with E-state index < -0.39 is 15.4 Å². The van der Waals surface area contributed by atoms with Crippen LogP contribution < -0.4 is 9.62 Å². The molecule has 2 heterocycles. The Labute approximate surface area is 198 Å². The average molecular weight is 476 g/mol. The number of amides is 2. The summed E-state index contributed by atoms with van der Waals surface area (Å²) in [6.45, 7) is 7.99. The first kappa shape index (κ1) is 24.2. The van der Waals surface area contributed by atoms with E-state index in [4.69, 9.17) is 0 Å². The summed E-state index contributed by atoms with van der Waals surface area (Å²) in [6.07, 6.45) is 5.67. The van der Waals surface area contributed by atoms with Gasteiger partial charge < -0.3 is 9.80 Å². The van der Waals surface area contributed by atoms with Gasteiger partial charge in [-0.1, -0.05) is 6.92 Å². The number of likely N-dealkylation sites (N-methyl/N-ethyl adjacent to an activating group) is 1. The smallest absolute Gasteiger partial charge is 0.240 e. The Bertz CT molecular complexity index is 1030. The van der Waals surface area contributed by atoms with Crippen LogP contribution in [0, 0.1) is 17.8 Å². The summed E-state index contributed by atoms with van der Waals surface area (Å²) in [6, 6.07) is 4.92. The van der Waals surface area contributed by atoms with Gasteiger partial charge in [0.05, 0.1) is 10.3 Å². The average Bonchev–Trinajstić information content (AvgIpc) is 2.97. The zero-order valence-corrected chi connectivity index (χ0v) is 21.1. The van der Waals surface area contributed by atoms with Gasteiger partial charge in [0.2, 0.25) is 21.8 Å². The number of carbonyl (C=O) groups is 2. The Hall–Kier alpha value is -1.93. The highest BCUT2D eigenvalue weighted by molar-refractivity contribution is 7.89. The Morgan fingerprint density at radius 2 is 1.85 bits per heavy atom. The second-order valence-corrected chi connectivity index (χ2v) is 12.5. The van der Waals surface area contributed by atoms with E-state index in [1.54, 1.807) is 30.1 Å². The number of sulfonamides is 1. The molecule has 1 aromatic carbocycles. The molecule has 2 fully saturated rings. The van der Waals surface area contributed by atoms with Crippen molar-refractivity contribution < 1.29 is 18.0 Å². The fourth-order valence-corrected chi connectivity index (χ4v) is 6.83. The van der Waals surface area contributed by atoms with Crippen LogP contribution in [0.4, 0.5) is 5.69 Å². The largest absolute Gasteiger partial charge is 0.342 e. The summed E-state index contributed by atoms with van der Waals surface area (Å²) in [7, 11) is -1.96. The second kappa shape index (κ2) is 9.02. The number of nitrogens with one attached hydrogen (secondary N) is 1. The van der Waals surface area contributed by atoms with Gasteiger partial charge >= 0.3 is 0 Å². The fraction of sp³-hybridized carbons (Fsp3) is 0.680. The molecule has 1 aliphatic carbocycles. The van der Waals surface area contributed by atoms with Crippen LogP contribution in [0.25, 0.3) is 0 Å². The number of fused-ring (bicyclic) bond motifs is 1. The summed E-state index contributed by atoms with van der Waals surface area (Å²) in [5, 5.41) is 0. The second-order valence-electron chi connectivity index (χ2n) is 10.8. The van der Waals surface area contributed by atoms with Crippen molar-refractivity contribution >= 4 is 27.5 Å². The van der Waals surface area contributed by atoms with Crippen molar-refractivity contribution in [1.29, 1.82) is 0 Å². The summed E-state index contributed by atoms with van der Waals surface area (Å²) in [4.78, 5) is 29.2. The highest BCUT2D eigenvalue weighted by atomic mass is 32.2. The molecule has 2 aliphatic heterocycles. The standard InChI is InChI=1S/C25H37N3O4S/c1-17-6-5-13-28(16-17)23(29)19-9-7-18(8-10-19)15-26-33(31,32)20-11-12-22-21(14-20)25(2,3)24(30)27(22)4/h11-12,14,17-19,26H,5-10,13,15-16H2,1-4H3/t17-,18?,19?/m0/s1. The number of benzene rings is 1. The lowest BCUT2D eigenvalue weighted by Crippen LogP contribution is -2.43. The molecule has 1 saturated heterocycles. The van der Waals surface area contributed by atoms with E-state index in [1.165, 1.54) is 6.42 Å². The normalized spacial score (nSPS) is 27.5. The van der Waals surface area contributed by atoms with Gasteiger partial charge in [-0.3, -0.25) is 9.59 Å². The number of rotatable bonds is 5. The van der Waals surface area contributed by atoms with Gasteiger partial charge in [-0.05, 0) is 88.0 Å².